The molecule has 2 heterocycles. The average molecular weight is 261 g/mol. The lowest BCUT2D eigenvalue weighted by atomic mass is 9.94. The van der Waals surface area contributed by atoms with Gasteiger partial charge in [0.2, 0.25) is 0 Å². The van der Waals surface area contributed by atoms with Crippen molar-refractivity contribution in [1.82, 2.24) is 0 Å². The number of ether oxygens (including phenoxy) is 1. The molecule has 1 aliphatic heterocycles. The third-order valence-electron chi connectivity index (χ3n) is 3.52. The highest BCUT2D eigenvalue weighted by molar-refractivity contribution is 7.17. The van der Waals surface area contributed by atoms with Crippen LogP contribution in [0.1, 0.15) is 26.7 Å². The molecule has 1 unspecified atom stereocenters. The molecule has 2 aromatic rings. The van der Waals surface area contributed by atoms with Gasteiger partial charge in [-0.3, -0.25) is 0 Å². The van der Waals surface area contributed by atoms with E-state index in [1.54, 1.807) is 11.3 Å². The molecule has 1 aliphatic rings. The Morgan fingerprint density at radius 1 is 1.33 bits per heavy atom. The van der Waals surface area contributed by atoms with Crippen LogP contribution in [0.2, 0.25) is 0 Å². The maximum atomic E-state index is 5.75. The monoisotopic (exact) mass is 261 g/mol. The van der Waals surface area contributed by atoms with Crippen LogP contribution < -0.4 is 5.32 Å². The molecule has 1 aromatic heterocycles. The molecule has 0 saturated carbocycles. The molecular weight excluding hydrogens is 242 g/mol. The van der Waals surface area contributed by atoms with Gasteiger partial charge < -0.3 is 10.1 Å². The van der Waals surface area contributed by atoms with Crippen LogP contribution in [0.5, 0.6) is 0 Å². The Bertz CT molecular complexity index is 546. The van der Waals surface area contributed by atoms with Crippen LogP contribution in [0, 0.1) is 0 Å². The minimum Gasteiger partial charge on any atom is -0.382 e. The zero-order valence-electron chi connectivity index (χ0n) is 10.9. The summed E-state index contributed by atoms with van der Waals surface area (Å²) in [6.45, 7) is 5.19. The Kier molecular flexibility index (Phi) is 3.04. The zero-order valence-corrected chi connectivity index (χ0v) is 11.7. The number of fused-ring (bicyclic) bond motifs is 1. The standard InChI is InChI=1S/C15H19NOS/c1-15(2)10-13(5-7-17-15)16-12-3-4-14-11(9-12)6-8-18-14/h3-4,6,8-9,13,16H,5,7,10H2,1-2H3. The molecule has 0 bridgehead atoms. The van der Waals surface area contributed by atoms with Crippen molar-refractivity contribution in [2.75, 3.05) is 11.9 Å². The largest absolute Gasteiger partial charge is 0.382 e. The lowest BCUT2D eigenvalue weighted by Gasteiger charge is -2.36. The topological polar surface area (TPSA) is 21.3 Å². The van der Waals surface area contributed by atoms with Gasteiger partial charge in [-0.1, -0.05) is 0 Å². The second-order valence-corrected chi connectivity index (χ2v) is 6.56. The minimum absolute atomic E-state index is 0.00238. The number of benzene rings is 1. The van der Waals surface area contributed by atoms with Gasteiger partial charge in [-0.2, -0.15) is 0 Å². The molecule has 96 valence electrons. The van der Waals surface area contributed by atoms with E-state index < -0.39 is 0 Å². The molecule has 1 atom stereocenters. The van der Waals surface area contributed by atoms with Crippen molar-refractivity contribution < 1.29 is 4.74 Å². The Hall–Kier alpha value is -1.06. The Balaban J connectivity index is 1.75. The van der Waals surface area contributed by atoms with Gasteiger partial charge in [0.15, 0.2) is 0 Å². The van der Waals surface area contributed by atoms with E-state index in [0.717, 1.165) is 19.4 Å². The predicted molar refractivity (Wildman–Crippen MR) is 78.5 cm³/mol. The number of anilines is 1. The van der Waals surface area contributed by atoms with Crippen molar-refractivity contribution in [3.05, 3.63) is 29.6 Å². The second-order valence-electron chi connectivity index (χ2n) is 5.62. The van der Waals surface area contributed by atoms with Gasteiger partial charge in [0.1, 0.15) is 0 Å². The summed E-state index contributed by atoms with van der Waals surface area (Å²) in [5, 5.41) is 7.12. The predicted octanol–water partition coefficient (Wildman–Crippen LogP) is 4.27. The summed E-state index contributed by atoms with van der Waals surface area (Å²) in [5.74, 6) is 0. The first-order chi connectivity index (χ1) is 8.62. The van der Waals surface area contributed by atoms with Gasteiger partial charge in [0.05, 0.1) is 5.60 Å². The Morgan fingerprint density at radius 2 is 2.22 bits per heavy atom. The van der Waals surface area contributed by atoms with E-state index in [0.29, 0.717) is 6.04 Å². The molecule has 3 rings (SSSR count). The van der Waals surface area contributed by atoms with Crippen molar-refractivity contribution in [3.63, 3.8) is 0 Å². The molecule has 1 fully saturated rings. The van der Waals surface area contributed by atoms with Gasteiger partial charge >= 0.3 is 0 Å². The molecule has 1 saturated heterocycles. The highest BCUT2D eigenvalue weighted by atomic mass is 32.1. The minimum atomic E-state index is 0.00238. The van der Waals surface area contributed by atoms with Crippen molar-refractivity contribution >= 4 is 27.1 Å². The molecule has 0 aliphatic carbocycles. The van der Waals surface area contributed by atoms with Crippen LogP contribution in [0.3, 0.4) is 0 Å². The van der Waals surface area contributed by atoms with Crippen LogP contribution in [-0.2, 0) is 4.74 Å². The van der Waals surface area contributed by atoms with Crippen LogP contribution in [0.4, 0.5) is 5.69 Å². The van der Waals surface area contributed by atoms with Crippen LogP contribution in [0.15, 0.2) is 29.6 Å². The smallest absolute Gasteiger partial charge is 0.0646 e. The number of thiophene rings is 1. The van der Waals surface area contributed by atoms with Crippen molar-refractivity contribution in [3.8, 4) is 0 Å². The fourth-order valence-electron chi connectivity index (χ4n) is 2.65. The molecule has 1 aromatic carbocycles. The molecule has 0 radical (unpaired) electrons. The highest BCUT2D eigenvalue weighted by Crippen LogP contribution is 2.28. The van der Waals surface area contributed by atoms with Crippen LogP contribution in [-0.4, -0.2) is 18.2 Å². The summed E-state index contributed by atoms with van der Waals surface area (Å²) in [4.78, 5) is 0. The van der Waals surface area contributed by atoms with Gasteiger partial charge in [0, 0.05) is 23.0 Å². The maximum Gasteiger partial charge on any atom is 0.0646 e. The quantitative estimate of drug-likeness (QED) is 0.871. The van der Waals surface area contributed by atoms with E-state index in [1.807, 2.05) is 0 Å². The Labute approximate surface area is 112 Å². The van der Waals surface area contributed by atoms with Crippen LogP contribution in [0.25, 0.3) is 10.1 Å². The lowest BCUT2D eigenvalue weighted by Crippen LogP contribution is -2.40. The van der Waals surface area contributed by atoms with Crippen molar-refractivity contribution in [2.24, 2.45) is 0 Å². The van der Waals surface area contributed by atoms with Gasteiger partial charge in [-0.05, 0) is 61.7 Å². The number of hydrogen-bond donors (Lipinski definition) is 1. The zero-order chi connectivity index (χ0) is 12.6. The normalized spacial score (nSPS) is 23.1. The van der Waals surface area contributed by atoms with Crippen molar-refractivity contribution in [1.29, 1.82) is 0 Å². The van der Waals surface area contributed by atoms with E-state index in [-0.39, 0.29) is 5.60 Å². The molecule has 3 heteroatoms. The highest BCUT2D eigenvalue weighted by Gasteiger charge is 2.28. The summed E-state index contributed by atoms with van der Waals surface area (Å²) in [5.41, 5.74) is 1.23. The summed E-state index contributed by atoms with van der Waals surface area (Å²) in [6.07, 6.45) is 2.15. The van der Waals surface area contributed by atoms with E-state index in [2.05, 4.69) is 48.8 Å². The second kappa shape index (κ2) is 4.56. The van der Waals surface area contributed by atoms with E-state index in [4.69, 9.17) is 4.74 Å². The SMILES string of the molecule is CC1(C)CC(Nc2ccc3sccc3c2)CCO1. The molecule has 0 amide bonds. The van der Waals surface area contributed by atoms with Gasteiger partial charge in [0.25, 0.3) is 0 Å². The summed E-state index contributed by atoms with van der Waals surface area (Å²) in [6, 6.07) is 9.33. The van der Waals surface area contributed by atoms with Gasteiger partial charge in [-0.15, -0.1) is 11.3 Å². The summed E-state index contributed by atoms with van der Waals surface area (Å²) in [7, 11) is 0. The average Bonchev–Trinajstić information content (AvgIpc) is 2.74. The van der Waals surface area contributed by atoms with Crippen molar-refractivity contribution in [2.45, 2.75) is 38.3 Å². The Morgan fingerprint density at radius 3 is 3.06 bits per heavy atom. The molecular formula is C15H19NOS. The molecule has 1 N–H and O–H groups in total. The fraction of sp³-hybridized carbons (Fsp3) is 0.467. The molecule has 0 spiro atoms. The van der Waals surface area contributed by atoms with E-state index >= 15 is 0 Å². The summed E-state index contributed by atoms with van der Waals surface area (Å²) >= 11 is 1.79. The third kappa shape index (κ3) is 2.52. The number of nitrogens with one attached hydrogen (secondary N) is 1. The first-order valence-corrected chi connectivity index (χ1v) is 7.38. The third-order valence-corrected chi connectivity index (χ3v) is 4.42. The lowest BCUT2D eigenvalue weighted by molar-refractivity contribution is -0.0553. The summed E-state index contributed by atoms with van der Waals surface area (Å²) < 4.78 is 7.11. The first-order valence-electron chi connectivity index (χ1n) is 6.50. The number of rotatable bonds is 2. The van der Waals surface area contributed by atoms with Crippen LogP contribution >= 0.6 is 11.3 Å². The molecule has 18 heavy (non-hydrogen) atoms. The van der Waals surface area contributed by atoms with Gasteiger partial charge in [-0.25, -0.2) is 0 Å². The first kappa shape index (κ1) is 12.0. The molecule has 2 nitrogen and oxygen atoms in total. The fourth-order valence-corrected chi connectivity index (χ4v) is 3.42. The number of hydrogen-bond acceptors (Lipinski definition) is 3. The van der Waals surface area contributed by atoms with E-state index in [1.165, 1.54) is 15.8 Å². The van der Waals surface area contributed by atoms with E-state index in [9.17, 15) is 0 Å². The maximum absolute atomic E-state index is 5.75.